The summed E-state index contributed by atoms with van der Waals surface area (Å²) >= 11 is 0. The zero-order valence-corrected chi connectivity index (χ0v) is 18.8. The molecule has 3 rings (SSSR count). The highest BCUT2D eigenvalue weighted by Crippen LogP contribution is 2.58. The number of aliphatic hydroxyl groups is 1. The summed E-state index contributed by atoms with van der Waals surface area (Å²) in [5, 5.41) is 41.4. The van der Waals surface area contributed by atoms with Crippen molar-refractivity contribution < 1.29 is 24.2 Å². The molecule has 0 radical (unpaired) electrons. The van der Waals surface area contributed by atoms with Crippen molar-refractivity contribution in [3.05, 3.63) is 82.1 Å². The van der Waals surface area contributed by atoms with E-state index in [4.69, 9.17) is 14.7 Å². The summed E-state index contributed by atoms with van der Waals surface area (Å²) in [6, 6.07) is 18.9. The number of nitrogens with zero attached hydrogens (tertiary/aromatic N) is 3. The van der Waals surface area contributed by atoms with Gasteiger partial charge in [0, 0.05) is 5.92 Å². The van der Waals surface area contributed by atoms with Crippen molar-refractivity contribution >= 4 is 11.9 Å². The molecule has 2 aromatic carbocycles. The van der Waals surface area contributed by atoms with Gasteiger partial charge in [0.15, 0.2) is 5.41 Å². The molecular formula is C26H21N3O5. The Labute approximate surface area is 196 Å². The summed E-state index contributed by atoms with van der Waals surface area (Å²) in [4.78, 5) is 25.8. The summed E-state index contributed by atoms with van der Waals surface area (Å²) in [5.41, 5.74) is -0.359. The summed E-state index contributed by atoms with van der Waals surface area (Å²) in [5.74, 6) is -6.51. The Kier molecular flexibility index (Phi) is 6.71. The van der Waals surface area contributed by atoms with Crippen LogP contribution in [0.5, 0.6) is 0 Å². The Hall–Kier alpha value is -4.61. The summed E-state index contributed by atoms with van der Waals surface area (Å²) < 4.78 is 9.79. The van der Waals surface area contributed by atoms with Crippen molar-refractivity contribution in [2.24, 2.45) is 11.3 Å². The summed E-state index contributed by atoms with van der Waals surface area (Å²) in [6.07, 6.45) is 0. The number of aryl methyl sites for hydroxylation is 1. The first-order valence-corrected chi connectivity index (χ1v) is 10.3. The molecule has 1 aliphatic carbocycles. The van der Waals surface area contributed by atoms with Gasteiger partial charge in [0.1, 0.15) is 11.7 Å². The maximum absolute atomic E-state index is 12.9. The van der Waals surface area contributed by atoms with Crippen molar-refractivity contribution in [3.8, 4) is 18.2 Å². The lowest BCUT2D eigenvalue weighted by Gasteiger charge is -2.44. The number of carbonyl (C=O) groups excluding carboxylic acids is 2. The summed E-state index contributed by atoms with van der Waals surface area (Å²) in [7, 11) is 2.21. The van der Waals surface area contributed by atoms with Crippen molar-refractivity contribution in [1.82, 2.24) is 0 Å². The van der Waals surface area contributed by atoms with E-state index in [2.05, 4.69) is 12.1 Å². The molecule has 0 amide bonds. The molecular weight excluding hydrogens is 434 g/mol. The molecule has 34 heavy (non-hydrogen) atoms. The lowest BCUT2D eigenvalue weighted by molar-refractivity contribution is -0.147. The average molecular weight is 455 g/mol. The fourth-order valence-corrected chi connectivity index (χ4v) is 4.55. The Morgan fingerprint density at radius 1 is 0.912 bits per heavy atom. The van der Waals surface area contributed by atoms with Gasteiger partial charge in [-0.3, -0.25) is 4.79 Å². The molecule has 0 heterocycles. The van der Waals surface area contributed by atoms with Crippen molar-refractivity contribution in [3.63, 3.8) is 0 Å². The quantitative estimate of drug-likeness (QED) is 0.689. The highest BCUT2D eigenvalue weighted by molar-refractivity contribution is 5.94. The van der Waals surface area contributed by atoms with Gasteiger partial charge in [-0.15, -0.1) is 0 Å². The number of nitriles is 3. The largest absolute Gasteiger partial charge is 0.511 e. The highest BCUT2D eigenvalue weighted by Gasteiger charge is 2.61. The molecule has 0 saturated heterocycles. The first-order chi connectivity index (χ1) is 16.3. The number of hydrogen-bond donors (Lipinski definition) is 1. The van der Waals surface area contributed by atoms with E-state index in [1.54, 1.807) is 24.3 Å². The molecule has 0 saturated carbocycles. The predicted octanol–water partition coefficient (Wildman–Crippen LogP) is 3.56. The number of methoxy groups -OCH3 is 2. The van der Waals surface area contributed by atoms with Crippen LogP contribution < -0.4 is 0 Å². The Bertz CT molecular complexity index is 1260. The first kappa shape index (κ1) is 24.0. The molecule has 2 aromatic rings. The second-order valence-electron chi connectivity index (χ2n) is 7.94. The fourth-order valence-electron chi connectivity index (χ4n) is 4.55. The Morgan fingerprint density at radius 2 is 1.47 bits per heavy atom. The van der Waals surface area contributed by atoms with Gasteiger partial charge in [0.2, 0.25) is 0 Å². The van der Waals surface area contributed by atoms with Crippen LogP contribution in [0.3, 0.4) is 0 Å². The van der Waals surface area contributed by atoms with Gasteiger partial charge in [0.05, 0.1) is 49.5 Å². The Balaban J connectivity index is 2.46. The number of rotatable bonds is 4. The number of hydrogen-bond acceptors (Lipinski definition) is 8. The Morgan fingerprint density at radius 3 is 1.94 bits per heavy atom. The van der Waals surface area contributed by atoms with E-state index in [0.29, 0.717) is 16.7 Å². The minimum absolute atomic E-state index is 0.332. The standard InChI is InChI=1S/C26H21N3O5/c1-15-4-8-17(9-5-15)21-19(24(31)33-2)23(30)20(25(32)34-3)22(26(21,13-28)14-29)18-10-6-16(12-27)7-11-18/h4-11,20-22,30H,1-3H3/t20-,21+,22-/m1/s1. The zero-order valence-electron chi connectivity index (χ0n) is 18.8. The molecule has 0 fully saturated rings. The van der Waals surface area contributed by atoms with Crippen LogP contribution in [-0.4, -0.2) is 31.3 Å². The van der Waals surface area contributed by atoms with Crippen LogP contribution in [0.15, 0.2) is 59.9 Å². The number of esters is 2. The minimum atomic E-state index is -2.02. The average Bonchev–Trinajstić information content (AvgIpc) is 2.87. The predicted molar refractivity (Wildman–Crippen MR) is 119 cm³/mol. The van der Waals surface area contributed by atoms with Crippen LogP contribution in [0.4, 0.5) is 0 Å². The van der Waals surface area contributed by atoms with Crippen molar-refractivity contribution in [2.75, 3.05) is 14.2 Å². The fraction of sp³-hybridized carbons (Fsp3) is 0.269. The van der Waals surface area contributed by atoms with Crippen LogP contribution in [0, 0.1) is 52.2 Å². The molecule has 3 atom stereocenters. The first-order valence-electron chi connectivity index (χ1n) is 10.3. The summed E-state index contributed by atoms with van der Waals surface area (Å²) in [6.45, 7) is 1.86. The third-order valence-electron chi connectivity index (χ3n) is 6.18. The minimum Gasteiger partial charge on any atom is -0.511 e. The van der Waals surface area contributed by atoms with Gasteiger partial charge >= 0.3 is 11.9 Å². The third-order valence-corrected chi connectivity index (χ3v) is 6.18. The van der Waals surface area contributed by atoms with E-state index in [9.17, 15) is 25.2 Å². The molecule has 0 unspecified atom stereocenters. The van der Waals surface area contributed by atoms with Crippen LogP contribution in [0.2, 0.25) is 0 Å². The van der Waals surface area contributed by atoms with E-state index < -0.39 is 40.9 Å². The lowest BCUT2D eigenvalue weighted by atomic mass is 9.54. The number of aliphatic hydroxyl groups excluding tert-OH is 1. The van der Waals surface area contributed by atoms with E-state index in [1.165, 1.54) is 24.3 Å². The molecule has 0 aliphatic heterocycles. The second-order valence-corrected chi connectivity index (χ2v) is 7.94. The van der Waals surface area contributed by atoms with Gasteiger partial charge in [-0.05, 0) is 30.2 Å². The second kappa shape index (κ2) is 9.48. The maximum Gasteiger partial charge on any atom is 0.337 e. The zero-order chi connectivity index (χ0) is 25.0. The van der Waals surface area contributed by atoms with Crippen LogP contribution >= 0.6 is 0 Å². The molecule has 8 nitrogen and oxygen atoms in total. The van der Waals surface area contributed by atoms with Gasteiger partial charge in [-0.2, -0.15) is 15.8 Å². The van der Waals surface area contributed by atoms with Gasteiger partial charge in [0.25, 0.3) is 0 Å². The van der Waals surface area contributed by atoms with Gasteiger partial charge in [-0.1, -0.05) is 42.0 Å². The van der Waals surface area contributed by atoms with Crippen molar-refractivity contribution in [1.29, 1.82) is 15.8 Å². The third kappa shape index (κ3) is 3.74. The molecule has 0 bridgehead atoms. The van der Waals surface area contributed by atoms with E-state index in [1.807, 2.05) is 13.0 Å². The number of ether oxygens (including phenoxy) is 2. The molecule has 8 heteroatoms. The lowest BCUT2D eigenvalue weighted by Crippen LogP contribution is -2.47. The normalized spacial score (nSPS) is 20.9. The smallest absolute Gasteiger partial charge is 0.337 e. The number of carbonyl (C=O) groups is 2. The van der Waals surface area contributed by atoms with Gasteiger partial charge in [-0.25, -0.2) is 4.79 Å². The van der Waals surface area contributed by atoms with Crippen LogP contribution in [0.1, 0.15) is 34.1 Å². The van der Waals surface area contributed by atoms with Crippen molar-refractivity contribution in [2.45, 2.75) is 18.8 Å². The molecule has 1 aliphatic rings. The molecule has 170 valence electrons. The van der Waals surface area contributed by atoms with E-state index >= 15 is 0 Å². The molecule has 1 N–H and O–H groups in total. The topological polar surface area (TPSA) is 144 Å². The van der Waals surface area contributed by atoms with E-state index in [0.717, 1.165) is 19.8 Å². The van der Waals surface area contributed by atoms with Crippen LogP contribution in [0.25, 0.3) is 0 Å². The monoisotopic (exact) mass is 455 g/mol. The SMILES string of the molecule is COC(=O)C1=C(O)[C@H](C(=O)OC)[C@@H](c2ccc(C#N)cc2)C(C#N)(C#N)[C@H]1c1ccc(C)cc1. The van der Waals surface area contributed by atoms with Crippen LogP contribution in [-0.2, 0) is 19.1 Å². The molecule has 0 aromatic heterocycles. The number of benzene rings is 2. The van der Waals surface area contributed by atoms with E-state index in [-0.39, 0.29) is 5.57 Å². The maximum atomic E-state index is 12.9. The van der Waals surface area contributed by atoms with Gasteiger partial charge < -0.3 is 14.6 Å². The molecule has 0 spiro atoms. The highest BCUT2D eigenvalue weighted by atomic mass is 16.5.